The first-order valence-corrected chi connectivity index (χ1v) is 5.07. The van der Waals surface area contributed by atoms with Crippen molar-refractivity contribution in [1.82, 2.24) is 10.6 Å². The van der Waals surface area contributed by atoms with Gasteiger partial charge in [0.15, 0.2) is 0 Å². The van der Waals surface area contributed by atoms with Gasteiger partial charge in [0.25, 0.3) is 0 Å². The number of nitrogens with one attached hydrogen (secondary N) is 2. The summed E-state index contributed by atoms with van der Waals surface area (Å²) in [5, 5.41) is 6.75. The third-order valence-corrected chi connectivity index (χ3v) is 3.32. The van der Waals surface area contributed by atoms with Gasteiger partial charge in [-0.15, -0.1) is 0 Å². The molecular weight excluding hydrogens is 150 g/mol. The monoisotopic (exact) mass is 169 g/mol. The van der Waals surface area contributed by atoms with Gasteiger partial charge in [-0.3, -0.25) is 10.6 Å². The minimum absolute atomic E-state index is 0.0376. The second-order valence-electron chi connectivity index (χ2n) is 4.11. The lowest BCUT2D eigenvalue weighted by atomic mass is 9.82. The molecule has 0 aromatic rings. The molecule has 1 aliphatic carbocycles. The molecule has 1 saturated carbocycles. The molecule has 3 heteroatoms. The second kappa shape index (κ2) is 3.32. The van der Waals surface area contributed by atoms with Gasteiger partial charge in [0.05, 0.1) is 0 Å². The fourth-order valence-corrected chi connectivity index (χ4v) is 2.52. The highest BCUT2D eigenvalue weighted by Crippen LogP contribution is 2.28. The Labute approximate surface area is 74.1 Å². The Hall–Kier alpha value is -0.120. The van der Waals surface area contributed by atoms with E-state index in [2.05, 4.69) is 17.6 Å². The molecule has 0 amide bonds. The standard InChI is InChI=1S/C9H19N3/c1-2-6-3-4-7-8(5-6)12-9(10)11-7/h6-9,11-12H,2-5,10H2,1H3. The van der Waals surface area contributed by atoms with Crippen molar-refractivity contribution in [3.63, 3.8) is 0 Å². The molecule has 0 radical (unpaired) electrons. The van der Waals surface area contributed by atoms with E-state index in [9.17, 15) is 0 Å². The maximum absolute atomic E-state index is 5.76. The molecule has 1 aliphatic heterocycles. The van der Waals surface area contributed by atoms with Crippen LogP contribution < -0.4 is 16.4 Å². The third-order valence-electron chi connectivity index (χ3n) is 3.32. The number of hydrogen-bond acceptors (Lipinski definition) is 3. The van der Waals surface area contributed by atoms with E-state index < -0.39 is 0 Å². The summed E-state index contributed by atoms with van der Waals surface area (Å²) in [5.41, 5.74) is 5.76. The van der Waals surface area contributed by atoms with E-state index in [-0.39, 0.29) is 6.29 Å². The van der Waals surface area contributed by atoms with E-state index in [0.29, 0.717) is 12.1 Å². The smallest absolute Gasteiger partial charge is 0.109 e. The van der Waals surface area contributed by atoms with Gasteiger partial charge < -0.3 is 5.73 Å². The first kappa shape index (κ1) is 8.48. The molecular formula is C9H19N3. The molecule has 12 heavy (non-hydrogen) atoms. The zero-order valence-electron chi connectivity index (χ0n) is 7.72. The minimum atomic E-state index is 0.0376. The van der Waals surface area contributed by atoms with Gasteiger partial charge in [-0.05, 0) is 25.2 Å². The van der Waals surface area contributed by atoms with E-state index in [0.717, 1.165) is 5.92 Å². The molecule has 70 valence electrons. The molecule has 3 nitrogen and oxygen atoms in total. The van der Waals surface area contributed by atoms with Crippen LogP contribution in [0.1, 0.15) is 32.6 Å². The largest absolute Gasteiger partial charge is 0.304 e. The van der Waals surface area contributed by atoms with Gasteiger partial charge in [0.2, 0.25) is 0 Å². The maximum atomic E-state index is 5.76. The number of fused-ring (bicyclic) bond motifs is 1. The highest BCUT2D eigenvalue weighted by Gasteiger charge is 2.35. The Balaban J connectivity index is 1.93. The number of hydrogen-bond donors (Lipinski definition) is 3. The predicted molar refractivity (Wildman–Crippen MR) is 49.5 cm³/mol. The summed E-state index contributed by atoms with van der Waals surface area (Å²) in [7, 11) is 0. The Morgan fingerprint density at radius 3 is 2.75 bits per heavy atom. The van der Waals surface area contributed by atoms with Gasteiger partial charge in [-0.1, -0.05) is 13.3 Å². The summed E-state index contributed by atoms with van der Waals surface area (Å²) in [6.45, 7) is 2.29. The summed E-state index contributed by atoms with van der Waals surface area (Å²) in [6.07, 6.45) is 5.33. The maximum Gasteiger partial charge on any atom is 0.109 e. The van der Waals surface area contributed by atoms with Crippen LogP contribution in [0.4, 0.5) is 0 Å². The molecule has 0 spiro atoms. The Bertz CT molecular complexity index is 160. The molecule has 0 aromatic carbocycles. The molecule has 1 saturated heterocycles. The van der Waals surface area contributed by atoms with Crippen molar-refractivity contribution in [3.05, 3.63) is 0 Å². The van der Waals surface area contributed by atoms with E-state index in [1.165, 1.54) is 25.7 Å². The lowest BCUT2D eigenvalue weighted by Crippen LogP contribution is -2.41. The lowest BCUT2D eigenvalue weighted by molar-refractivity contribution is 0.277. The Morgan fingerprint density at radius 2 is 2.00 bits per heavy atom. The zero-order chi connectivity index (χ0) is 8.55. The van der Waals surface area contributed by atoms with Crippen LogP contribution in [0.15, 0.2) is 0 Å². The van der Waals surface area contributed by atoms with Crippen molar-refractivity contribution in [2.24, 2.45) is 11.7 Å². The summed E-state index contributed by atoms with van der Waals surface area (Å²) >= 11 is 0. The Kier molecular flexibility index (Phi) is 2.35. The Morgan fingerprint density at radius 1 is 1.25 bits per heavy atom. The van der Waals surface area contributed by atoms with Gasteiger partial charge in [0, 0.05) is 12.1 Å². The van der Waals surface area contributed by atoms with Crippen LogP contribution >= 0.6 is 0 Å². The second-order valence-corrected chi connectivity index (χ2v) is 4.11. The molecule has 0 bridgehead atoms. The molecule has 1 heterocycles. The van der Waals surface area contributed by atoms with Crippen LogP contribution in [-0.2, 0) is 0 Å². The van der Waals surface area contributed by atoms with Crippen LogP contribution in [0.2, 0.25) is 0 Å². The van der Waals surface area contributed by atoms with Gasteiger partial charge in [-0.2, -0.15) is 0 Å². The van der Waals surface area contributed by atoms with Crippen molar-refractivity contribution in [3.8, 4) is 0 Å². The fraction of sp³-hybridized carbons (Fsp3) is 1.00. The summed E-state index contributed by atoms with van der Waals surface area (Å²) in [4.78, 5) is 0. The van der Waals surface area contributed by atoms with Crippen molar-refractivity contribution >= 4 is 0 Å². The summed E-state index contributed by atoms with van der Waals surface area (Å²) in [6, 6.07) is 1.28. The average molecular weight is 169 g/mol. The molecule has 2 aliphatic rings. The van der Waals surface area contributed by atoms with Crippen molar-refractivity contribution in [2.75, 3.05) is 0 Å². The average Bonchev–Trinajstić information content (AvgIpc) is 2.43. The third kappa shape index (κ3) is 1.49. The number of nitrogens with two attached hydrogens (primary N) is 1. The van der Waals surface area contributed by atoms with Crippen molar-refractivity contribution in [1.29, 1.82) is 0 Å². The highest BCUT2D eigenvalue weighted by molar-refractivity contribution is 4.95. The van der Waals surface area contributed by atoms with Gasteiger partial charge >= 0.3 is 0 Å². The summed E-state index contributed by atoms with van der Waals surface area (Å²) in [5.74, 6) is 0.922. The first-order chi connectivity index (χ1) is 5.79. The molecule has 2 fully saturated rings. The molecule has 0 aromatic heterocycles. The normalized spacial score (nSPS) is 47.5. The van der Waals surface area contributed by atoms with Crippen LogP contribution in [0, 0.1) is 5.92 Å². The molecule has 4 unspecified atom stereocenters. The predicted octanol–water partition coefficient (Wildman–Crippen LogP) is 0.369. The van der Waals surface area contributed by atoms with Crippen LogP contribution in [0.3, 0.4) is 0 Å². The SMILES string of the molecule is CCC1CCC2NC(N)NC2C1. The van der Waals surface area contributed by atoms with E-state index >= 15 is 0 Å². The lowest BCUT2D eigenvalue weighted by Gasteiger charge is -2.30. The summed E-state index contributed by atoms with van der Waals surface area (Å²) < 4.78 is 0. The van der Waals surface area contributed by atoms with Crippen molar-refractivity contribution in [2.45, 2.75) is 51.0 Å². The topological polar surface area (TPSA) is 50.1 Å². The molecule has 2 rings (SSSR count). The molecule has 4 N–H and O–H groups in total. The van der Waals surface area contributed by atoms with Crippen LogP contribution in [0.5, 0.6) is 0 Å². The number of rotatable bonds is 1. The quantitative estimate of drug-likeness (QED) is 0.531. The van der Waals surface area contributed by atoms with Crippen LogP contribution in [0.25, 0.3) is 0 Å². The minimum Gasteiger partial charge on any atom is -0.304 e. The fourth-order valence-electron chi connectivity index (χ4n) is 2.52. The van der Waals surface area contributed by atoms with E-state index in [4.69, 9.17) is 5.73 Å². The molecule has 4 atom stereocenters. The van der Waals surface area contributed by atoms with Crippen LogP contribution in [-0.4, -0.2) is 18.4 Å². The van der Waals surface area contributed by atoms with Crippen molar-refractivity contribution < 1.29 is 0 Å². The van der Waals surface area contributed by atoms with E-state index in [1.807, 2.05) is 0 Å². The van der Waals surface area contributed by atoms with Gasteiger partial charge in [-0.25, -0.2) is 0 Å². The van der Waals surface area contributed by atoms with Gasteiger partial charge in [0.1, 0.15) is 6.29 Å². The highest BCUT2D eigenvalue weighted by atomic mass is 15.3. The first-order valence-electron chi connectivity index (χ1n) is 5.07. The zero-order valence-corrected chi connectivity index (χ0v) is 7.72. The van der Waals surface area contributed by atoms with E-state index in [1.54, 1.807) is 0 Å².